The normalized spacial score (nSPS) is 16.9. The Balaban J connectivity index is 1.33. The van der Waals surface area contributed by atoms with Crippen molar-refractivity contribution in [2.45, 2.75) is 41.0 Å². The van der Waals surface area contributed by atoms with E-state index in [0.717, 1.165) is 49.2 Å². The van der Waals surface area contributed by atoms with Crippen molar-refractivity contribution in [1.82, 2.24) is 9.97 Å². The van der Waals surface area contributed by atoms with Crippen LogP contribution in [0.1, 0.15) is 23.8 Å². The van der Waals surface area contributed by atoms with E-state index in [-0.39, 0.29) is 11.7 Å². The minimum absolute atomic E-state index is 0.0146. The number of anilines is 2. The van der Waals surface area contributed by atoms with Crippen molar-refractivity contribution in [1.29, 1.82) is 0 Å². The summed E-state index contributed by atoms with van der Waals surface area (Å²) in [4.78, 5) is 29.1. The van der Waals surface area contributed by atoms with E-state index in [2.05, 4.69) is 23.0 Å². The average molecular weight is 510 g/mol. The number of para-hydroxylation sites is 1. The Kier molecular flexibility index (Phi) is 5.61. The summed E-state index contributed by atoms with van der Waals surface area (Å²) in [5.74, 6) is 1.01. The molecule has 33 heavy (non-hydrogen) atoms. The minimum Gasteiger partial charge on any atom is -0.278 e. The molecule has 4 aromatic rings. The van der Waals surface area contributed by atoms with Gasteiger partial charge in [-0.3, -0.25) is 9.69 Å². The molecule has 1 atom stereocenters. The average Bonchev–Trinajstić information content (AvgIpc) is 3.19. The number of hydrogen-bond acceptors (Lipinski definition) is 6. The van der Waals surface area contributed by atoms with Crippen LogP contribution in [0.4, 0.5) is 11.4 Å². The number of hydrogen-bond donors (Lipinski definition) is 0. The first kappa shape index (κ1) is 21.5. The molecule has 2 aromatic carbocycles. The maximum atomic E-state index is 13.6. The number of carbonyl (C=O) groups is 1. The van der Waals surface area contributed by atoms with Gasteiger partial charge in [0.05, 0.1) is 17.1 Å². The molecule has 0 unspecified atom stereocenters. The first-order valence-electron chi connectivity index (χ1n) is 10.9. The fourth-order valence-electron chi connectivity index (χ4n) is 4.55. The molecule has 0 saturated heterocycles. The van der Waals surface area contributed by atoms with E-state index in [4.69, 9.17) is 11.6 Å². The van der Waals surface area contributed by atoms with Crippen LogP contribution in [0.15, 0.2) is 63.6 Å². The van der Waals surface area contributed by atoms with Crippen LogP contribution in [0.5, 0.6) is 0 Å². The molecule has 6 rings (SSSR count). The molecule has 1 aliphatic heterocycles. The van der Waals surface area contributed by atoms with Gasteiger partial charge in [-0.05, 0) is 61.1 Å². The molecule has 0 N–H and O–H groups in total. The van der Waals surface area contributed by atoms with Gasteiger partial charge in [-0.2, -0.15) is 0 Å². The highest BCUT2D eigenvalue weighted by molar-refractivity contribution is 8.00. The summed E-state index contributed by atoms with van der Waals surface area (Å²) in [5.41, 5.74) is 3.13. The molecule has 166 valence electrons. The van der Waals surface area contributed by atoms with Gasteiger partial charge < -0.3 is 0 Å². The number of nitrogens with zero attached hydrogens (tertiary/aromatic N) is 3. The summed E-state index contributed by atoms with van der Waals surface area (Å²) in [5, 5.41) is 2.68. The van der Waals surface area contributed by atoms with Crippen molar-refractivity contribution >= 4 is 74.0 Å². The maximum Gasteiger partial charge on any atom is 0.242 e. The summed E-state index contributed by atoms with van der Waals surface area (Å²) < 4.78 is 0. The van der Waals surface area contributed by atoms with Crippen molar-refractivity contribution in [3.63, 3.8) is 0 Å². The zero-order valence-electron chi connectivity index (χ0n) is 17.9. The van der Waals surface area contributed by atoms with Gasteiger partial charge in [-0.1, -0.05) is 54.2 Å². The molecule has 3 heterocycles. The first-order valence-corrected chi connectivity index (χ1v) is 13.9. The second-order valence-corrected chi connectivity index (χ2v) is 12.0. The molecule has 1 aliphatic carbocycles. The Morgan fingerprint density at radius 1 is 1.18 bits per heavy atom. The monoisotopic (exact) mass is 509 g/mol. The first-order chi connectivity index (χ1) is 16.1. The number of aryl methyl sites for hydroxylation is 1. The maximum absolute atomic E-state index is 13.6. The summed E-state index contributed by atoms with van der Waals surface area (Å²) in [6.45, 7) is 2.31. The molecular weight excluding hydrogens is 490 g/mol. The summed E-state index contributed by atoms with van der Waals surface area (Å²) in [6.07, 6.45) is 4.99. The Bertz CT molecular complexity index is 1400. The van der Waals surface area contributed by atoms with Crippen LogP contribution in [0.3, 0.4) is 0 Å². The second kappa shape index (κ2) is 8.62. The molecule has 0 bridgehead atoms. The van der Waals surface area contributed by atoms with E-state index in [1.807, 2.05) is 41.3 Å². The van der Waals surface area contributed by atoms with Crippen LogP contribution >= 0.6 is 46.5 Å². The Hall–Kier alpha value is -2.06. The van der Waals surface area contributed by atoms with Crippen molar-refractivity contribution in [3.05, 3.63) is 64.3 Å². The van der Waals surface area contributed by atoms with Gasteiger partial charge in [0.2, 0.25) is 5.91 Å². The van der Waals surface area contributed by atoms with Crippen LogP contribution in [0.25, 0.3) is 10.2 Å². The molecule has 8 heteroatoms. The number of benzene rings is 2. The third kappa shape index (κ3) is 3.85. The quantitative estimate of drug-likeness (QED) is 0.213. The van der Waals surface area contributed by atoms with E-state index in [9.17, 15) is 4.79 Å². The van der Waals surface area contributed by atoms with E-state index >= 15 is 0 Å². The van der Waals surface area contributed by atoms with E-state index in [1.165, 1.54) is 28.6 Å². The number of carbonyl (C=O) groups excluding carboxylic acids is 1. The van der Waals surface area contributed by atoms with Crippen LogP contribution in [0.2, 0.25) is 5.02 Å². The largest absolute Gasteiger partial charge is 0.278 e. The number of aromatic nitrogens is 2. The van der Waals surface area contributed by atoms with Crippen LogP contribution in [0, 0.1) is 5.92 Å². The lowest BCUT2D eigenvalue weighted by Crippen LogP contribution is -2.30. The lowest BCUT2D eigenvalue weighted by atomic mass is 9.89. The highest BCUT2D eigenvalue weighted by Crippen LogP contribution is 2.49. The molecule has 0 fully saturated rings. The van der Waals surface area contributed by atoms with E-state index < -0.39 is 0 Å². The number of halogens is 1. The lowest BCUT2D eigenvalue weighted by Gasteiger charge is -2.31. The predicted molar refractivity (Wildman–Crippen MR) is 138 cm³/mol. The summed E-state index contributed by atoms with van der Waals surface area (Å²) in [7, 11) is 0. The third-order valence-corrected chi connectivity index (χ3v) is 9.63. The number of rotatable bonds is 3. The van der Waals surface area contributed by atoms with Gasteiger partial charge in [-0.25, -0.2) is 9.97 Å². The van der Waals surface area contributed by atoms with Crippen molar-refractivity contribution in [2.75, 3.05) is 10.7 Å². The van der Waals surface area contributed by atoms with Gasteiger partial charge in [0.15, 0.2) is 0 Å². The number of fused-ring (bicyclic) bond motifs is 5. The molecule has 0 saturated carbocycles. The van der Waals surface area contributed by atoms with E-state index in [0.29, 0.717) is 10.9 Å². The van der Waals surface area contributed by atoms with Gasteiger partial charge in [0, 0.05) is 25.1 Å². The highest BCUT2D eigenvalue weighted by atomic mass is 35.5. The lowest BCUT2D eigenvalue weighted by molar-refractivity contribution is -0.115. The van der Waals surface area contributed by atoms with Crippen LogP contribution < -0.4 is 4.90 Å². The zero-order chi connectivity index (χ0) is 22.5. The SMILES string of the molecule is C[C@@H]1CCc2c(sc3ncnc(SCC(=O)N4c5ccccc5Sc5ccc(Cl)cc54)c23)C1. The highest BCUT2D eigenvalue weighted by Gasteiger charge is 2.29. The standard InChI is InChI=1S/C25H20ClN3OS3/c1-14-6-8-16-21(10-14)33-25-23(16)24(27-13-28-25)31-12-22(30)29-17-4-2-3-5-19(17)32-20-9-7-15(26)11-18(20)29/h2-5,7,9,11,13-14H,6,8,10,12H2,1H3/t14-/m1/s1. The van der Waals surface area contributed by atoms with Crippen molar-refractivity contribution < 1.29 is 4.79 Å². The molecule has 2 aliphatic rings. The predicted octanol–water partition coefficient (Wildman–Crippen LogP) is 7.39. The molecule has 4 nitrogen and oxygen atoms in total. The topological polar surface area (TPSA) is 46.1 Å². The van der Waals surface area contributed by atoms with Crippen molar-refractivity contribution in [3.8, 4) is 0 Å². The van der Waals surface area contributed by atoms with E-state index in [1.54, 1.807) is 29.4 Å². The Morgan fingerprint density at radius 3 is 2.94 bits per heavy atom. The van der Waals surface area contributed by atoms with Crippen molar-refractivity contribution in [2.24, 2.45) is 5.92 Å². The Morgan fingerprint density at radius 2 is 2.03 bits per heavy atom. The number of amides is 1. The van der Waals surface area contributed by atoms with Gasteiger partial charge in [-0.15, -0.1) is 11.3 Å². The second-order valence-electron chi connectivity index (χ2n) is 8.41. The smallest absolute Gasteiger partial charge is 0.242 e. The van der Waals surface area contributed by atoms with Gasteiger partial charge >= 0.3 is 0 Å². The van der Waals surface area contributed by atoms with Gasteiger partial charge in [0.25, 0.3) is 0 Å². The number of thiophene rings is 1. The summed E-state index contributed by atoms with van der Waals surface area (Å²) >= 11 is 11.3. The number of thioether (sulfide) groups is 1. The fourth-order valence-corrected chi connectivity index (χ4v) is 8.04. The van der Waals surface area contributed by atoms with Gasteiger partial charge in [0.1, 0.15) is 16.2 Å². The molecule has 0 spiro atoms. The molecule has 0 radical (unpaired) electrons. The zero-order valence-corrected chi connectivity index (χ0v) is 21.1. The molecule has 1 amide bonds. The minimum atomic E-state index is 0.0146. The Labute approximate surface area is 209 Å². The third-order valence-electron chi connectivity index (χ3n) is 6.13. The van der Waals surface area contributed by atoms with Crippen LogP contribution in [-0.2, 0) is 17.6 Å². The summed E-state index contributed by atoms with van der Waals surface area (Å²) in [6, 6.07) is 13.7. The fraction of sp³-hybridized carbons (Fsp3) is 0.240. The van der Waals surface area contributed by atoms with Crippen LogP contribution in [-0.4, -0.2) is 21.6 Å². The molecular formula is C25H20ClN3OS3. The molecule has 2 aromatic heterocycles.